The number of aliphatic hydroxyl groups excluding tert-OH is 1. The molecule has 1 aromatic carbocycles. The maximum atomic E-state index is 9.60. The van der Waals surface area contributed by atoms with Gasteiger partial charge in [0.05, 0.1) is 12.1 Å². The maximum Gasteiger partial charge on any atom is 0.125 e. The Morgan fingerprint density at radius 1 is 1.32 bits per heavy atom. The molecular formula is C16H23NO2. The Hall–Kier alpha value is -1.06. The summed E-state index contributed by atoms with van der Waals surface area (Å²) in [4.78, 5) is 0. The first-order valence-corrected chi connectivity index (χ1v) is 7.25. The van der Waals surface area contributed by atoms with Crippen LogP contribution in [0, 0.1) is 5.92 Å². The fourth-order valence-corrected chi connectivity index (χ4v) is 3.40. The van der Waals surface area contributed by atoms with Crippen LogP contribution in [0.2, 0.25) is 0 Å². The molecule has 104 valence electrons. The van der Waals surface area contributed by atoms with Crippen molar-refractivity contribution in [2.75, 3.05) is 6.54 Å². The van der Waals surface area contributed by atoms with Crippen molar-refractivity contribution < 1.29 is 9.84 Å². The summed E-state index contributed by atoms with van der Waals surface area (Å²) in [6.45, 7) is 5.23. The van der Waals surface area contributed by atoms with Gasteiger partial charge in [0, 0.05) is 5.56 Å². The Morgan fingerprint density at radius 2 is 2.11 bits per heavy atom. The molecule has 1 saturated carbocycles. The zero-order valence-corrected chi connectivity index (χ0v) is 11.7. The minimum atomic E-state index is -0.207. The molecule has 1 heterocycles. The minimum absolute atomic E-state index is 0.0908. The van der Waals surface area contributed by atoms with Gasteiger partial charge >= 0.3 is 0 Å². The van der Waals surface area contributed by atoms with E-state index >= 15 is 0 Å². The average molecular weight is 261 g/mol. The summed E-state index contributed by atoms with van der Waals surface area (Å²) in [5.74, 6) is 1.59. The highest BCUT2D eigenvalue weighted by Crippen LogP contribution is 2.42. The third-order valence-electron chi connectivity index (χ3n) is 4.42. The first-order chi connectivity index (χ1) is 9.06. The molecule has 19 heavy (non-hydrogen) atoms. The molecule has 3 nitrogen and oxygen atoms in total. The number of hydrogen-bond acceptors (Lipinski definition) is 3. The maximum absolute atomic E-state index is 9.60. The van der Waals surface area contributed by atoms with Gasteiger partial charge in [0.15, 0.2) is 0 Å². The minimum Gasteiger partial charge on any atom is -0.486 e. The van der Waals surface area contributed by atoms with Gasteiger partial charge < -0.3 is 15.2 Å². The van der Waals surface area contributed by atoms with Crippen LogP contribution in [0.1, 0.15) is 44.7 Å². The second-order valence-corrected chi connectivity index (χ2v) is 6.42. The Kier molecular flexibility index (Phi) is 3.27. The van der Waals surface area contributed by atoms with Crippen LogP contribution in [0.5, 0.6) is 5.75 Å². The van der Waals surface area contributed by atoms with E-state index in [4.69, 9.17) is 4.74 Å². The normalized spacial score (nSPS) is 32.1. The molecule has 0 aromatic heterocycles. The van der Waals surface area contributed by atoms with Crippen molar-refractivity contribution in [3.63, 3.8) is 0 Å². The molecule has 1 aliphatic heterocycles. The molecule has 0 radical (unpaired) electrons. The van der Waals surface area contributed by atoms with Gasteiger partial charge in [0.25, 0.3) is 0 Å². The number of para-hydroxylation sites is 1. The van der Waals surface area contributed by atoms with Crippen molar-refractivity contribution in [3.8, 4) is 5.75 Å². The highest BCUT2D eigenvalue weighted by molar-refractivity contribution is 5.42. The summed E-state index contributed by atoms with van der Waals surface area (Å²) >= 11 is 0. The molecule has 0 spiro atoms. The SMILES string of the molecule is CC1(C)Oc2ccccc2C1NCC1CCC(O)C1. The van der Waals surface area contributed by atoms with E-state index in [-0.39, 0.29) is 17.7 Å². The molecule has 0 saturated heterocycles. The Bertz CT molecular complexity index is 458. The second-order valence-electron chi connectivity index (χ2n) is 6.42. The molecule has 3 rings (SSSR count). The number of hydrogen-bond donors (Lipinski definition) is 2. The molecular weight excluding hydrogens is 238 g/mol. The summed E-state index contributed by atoms with van der Waals surface area (Å²) in [6.07, 6.45) is 2.92. The Labute approximate surface area is 115 Å². The van der Waals surface area contributed by atoms with E-state index in [0.29, 0.717) is 5.92 Å². The van der Waals surface area contributed by atoms with E-state index < -0.39 is 0 Å². The number of ether oxygens (including phenoxy) is 1. The molecule has 2 aliphatic rings. The van der Waals surface area contributed by atoms with E-state index in [1.54, 1.807) is 0 Å². The van der Waals surface area contributed by atoms with Gasteiger partial charge in [-0.15, -0.1) is 0 Å². The van der Waals surface area contributed by atoms with E-state index in [2.05, 4.69) is 31.3 Å². The lowest BCUT2D eigenvalue weighted by Crippen LogP contribution is -2.40. The highest BCUT2D eigenvalue weighted by Gasteiger charge is 2.41. The molecule has 3 atom stereocenters. The lowest BCUT2D eigenvalue weighted by Gasteiger charge is -2.28. The van der Waals surface area contributed by atoms with E-state index in [0.717, 1.165) is 31.6 Å². The Balaban J connectivity index is 1.69. The third-order valence-corrected chi connectivity index (χ3v) is 4.42. The van der Waals surface area contributed by atoms with Crippen LogP contribution in [-0.2, 0) is 0 Å². The van der Waals surface area contributed by atoms with Crippen LogP contribution < -0.4 is 10.1 Å². The predicted molar refractivity (Wildman–Crippen MR) is 75.2 cm³/mol. The lowest BCUT2D eigenvalue weighted by atomic mass is 9.93. The van der Waals surface area contributed by atoms with Gasteiger partial charge in [-0.25, -0.2) is 0 Å². The highest BCUT2D eigenvalue weighted by atomic mass is 16.5. The topological polar surface area (TPSA) is 41.5 Å². The van der Waals surface area contributed by atoms with Crippen LogP contribution in [0.15, 0.2) is 24.3 Å². The summed E-state index contributed by atoms with van der Waals surface area (Å²) in [5.41, 5.74) is 1.05. The largest absolute Gasteiger partial charge is 0.486 e. The molecule has 1 aromatic rings. The summed E-state index contributed by atoms with van der Waals surface area (Å²) in [6, 6.07) is 8.51. The van der Waals surface area contributed by atoms with Crippen LogP contribution in [0.25, 0.3) is 0 Å². The Morgan fingerprint density at radius 3 is 2.84 bits per heavy atom. The van der Waals surface area contributed by atoms with E-state index in [9.17, 15) is 5.11 Å². The van der Waals surface area contributed by atoms with Gasteiger partial charge in [-0.3, -0.25) is 0 Å². The standard InChI is InChI=1S/C16H23NO2/c1-16(2)15(13-5-3-4-6-14(13)19-16)17-10-11-7-8-12(18)9-11/h3-6,11-12,15,17-18H,7-10H2,1-2H3. The first kappa shape index (κ1) is 12.9. The fraction of sp³-hybridized carbons (Fsp3) is 0.625. The zero-order valence-electron chi connectivity index (χ0n) is 11.7. The number of fused-ring (bicyclic) bond motifs is 1. The quantitative estimate of drug-likeness (QED) is 0.879. The summed E-state index contributed by atoms with van der Waals surface area (Å²) in [5, 5.41) is 13.3. The number of benzene rings is 1. The summed E-state index contributed by atoms with van der Waals surface area (Å²) < 4.78 is 6.03. The van der Waals surface area contributed by atoms with Crippen LogP contribution in [-0.4, -0.2) is 23.4 Å². The summed E-state index contributed by atoms with van der Waals surface area (Å²) in [7, 11) is 0. The number of nitrogens with one attached hydrogen (secondary N) is 1. The third kappa shape index (κ3) is 2.49. The first-order valence-electron chi connectivity index (χ1n) is 7.25. The zero-order chi connectivity index (χ0) is 13.5. The van der Waals surface area contributed by atoms with E-state index in [1.165, 1.54) is 5.56 Å². The molecule has 1 fully saturated rings. The molecule has 3 unspecified atom stereocenters. The molecule has 0 amide bonds. The molecule has 3 heteroatoms. The van der Waals surface area contributed by atoms with Crippen molar-refractivity contribution in [2.24, 2.45) is 5.92 Å². The van der Waals surface area contributed by atoms with Gasteiger partial charge in [-0.2, -0.15) is 0 Å². The average Bonchev–Trinajstić information content (AvgIpc) is 2.87. The van der Waals surface area contributed by atoms with Crippen molar-refractivity contribution in [3.05, 3.63) is 29.8 Å². The monoisotopic (exact) mass is 261 g/mol. The smallest absolute Gasteiger partial charge is 0.125 e. The van der Waals surface area contributed by atoms with Crippen LogP contribution in [0.4, 0.5) is 0 Å². The number of rotatable bonds is 3. The van der Waals surface area contributed by atoms with Crippen LogP contribution >= 0.6 is 0 Å². The lowest BCUT2D eigenvalue weighted by molar-refractivity contribution is 0.0941. The van der Waals surface area contributed by atoms with Gasteiger partial charge in [-0.1, -0.05) is 18.2 Å². The molecule has 1 aliphatic carbocycles. The fourth-order valence-electron chi connectivity index (χ4n) is 3.40. The predicted octanol–water partition coefficient (Wildman–Crippen LogP) is 2.65. The van der Waals surface area contributed by atoms with Crippen molar-refractivity contribution in [1.29, 1.82) is 0 Å². The van der Waals surface area contributed by atoms with Crippen molar-refractivity contribution in [1.82, 2.24) is 5.32 Å². The number of aliphatic hydroxyl groups is 1. The van der Waals surface area contributed by atoms with Gasteiger partial charge in [0.1, 0.15) is 11.4 Å². The van der Waals surface area contributed by atoms with Crippen molar-refractivity contribution in [2.45, 2.75) is 50.9 Å². The van der Waals surface area contributed by atoms with E-state index in [1.807, 2.05) is 12.1 Å². The van der Waals surface area contributed by atoms with Gasteiger partial charge in [0.2, 0.25) is 0 Å². The van der Waals surface area contributed by atoms with Crippen LogP contribution in [0.3, 0.4) is 0 Å². The van der Waals surface area contributed by atoms with Gasteiger partial charge in [-0.05, 0) is 51.6 Å². The molecule has 2 N–H and O–H groups in total. The van der Waals surface area contributed by atoms with Crippen molar-refractivity contribution >= 4 is 0 Å². The molecule has 0 bridgehead atoms. The second kappa shape index (κ2) is 4.80.